The van der Waals surface area contributed by atoms with Gasteiger partial charge in [-0.1, -0.05) is 30.3 Å². The summed E-state index contributed by atoms with van der Waals surface area (Å²) in [7, 11) is 0. The van der Waals surface area contributed by atoms with Gasteiger partial charge >= 0.3 is 6.03 Å². The second kappa shape index (κ2) is 7.45. The number of aromatic nitrogens is 1. The molecule has 0 saturated carbocycles. The maximum absolute atomic E-state index is 12.6. The third-order valence-corrected chi connectivity index (χ3v) is 4.12. The van der Waals surface area contributed by atoms with Crippen LogP contribution in [0.25, 0.3) is 11.3 Å². The number of nitrogens with one attached hydrogen (secondary N) is 1. The van der Waals surface area contributed by atoms with Crippen LogP contribution < -0.4 is 5.32 Å². The van der Waals surface area contributed by atoms with Crippen LogP contribution in [0.1, 0.15) is 20.3 Å². The highest BCUT2D eigenvalue weighted by atomic mass is 16.5. The predicted octanol–water partition coefficient (Wildman–Crippen LogP) is 3.78. The molecule has 5 heteroatoms. The van der Waals surface area contributed by atoms with E-state index in [2.05, 4.69) is 10.3 Å². The normalized spacial score (nSPS) is 21.2. The van der Waals surface area contributed by atoms with E-state index in [0.717, 1.165) is 23.4 Å². The Bertz CT molecular complexity index is 690. The fraction of sp³-hybridized carbons (Fsp3) is 0.368. The molecule has 2 heterocycles. The fourth-order valence-corrected chi connectivity index (χ4v) is 2.91. The number of nitrogens with zero attached hydrogens (tertiary/aromatic N) is 2. The Balaban J connectivity index is 1.70. The highest BCUT2D eigenvalue weighted by Crippen LogP contribution is 2.20. The van der Waals surface area contributed by atoms with Gasteiger partial charge < -0.3 is 15.0 Å². The van der Waals surface area contributed by atoms with E-state index in [-0.39, 0.29) is 18.2 Å². The standard InChI is InChI=1S/C19H23N3O2/c1-14-9-11-22(13-15(2)24-14)19(23)21-17-8-10-20-18(12-17)16-6-4-3-5-7-16/h3-8,10,12,14-15H,9,11,13H2,1-2H3,(H,20,21,23)/t14-,15+/m1/s1. The quantitative estimate of drug-likeness (QED) is 0.914. The lowest BCUT2D eigenvalue weighted by Gasteiger charge is -2.22. The van der Waals surface area contributed by atoms with Gasteiger partial charge in [0.15, 0.2) is 0 Å². The number of hydrogen-bond acceptors (Lipinski definition) is 3. The van der Waals surface area contributed by atoms with E-state index >= 15 is 0 Å². The second-order valence-electron chi connectivity index (χ2n) is 6.22. The molecule has 1 aliphatic heterocycles. The predicted molar refractivity (Wildman–Crippen MR) is 94.9 cm³/mol. The zero-order valence-electron chi connectivity index (χ0n) is 14.1. The summed E-state index contributed by atoms with van der Waals surface area (Å²) in [5.74, 6) is 0. The van der Waals surface area contributed by atoms with Crippen molar-refractivity contribution in [3.8, 4) is 11.3 Å². The molecule has 24 heavy (non-hydrogen) atoms. The summed E-state index contributed by atoms with van der Waals surface area (Å²) in [5.41, 5.74) is 2.62. The van der Waals surface area contributed by atoms with Crippen molar-refractivity contribution >= 4 is 11.7 Å². The monoisotopic (exact) mass is 325 g/mol. The summed E-state index contributed by atoms with van der Waals surface area (Å²) in [6.07, 6.45) is 2.80. The van der Waals surface area contributed by atoms with Crippen molar-refractivity contribution in [2.45, 2.75) is 32.5 Å². The number of urea groups is 1. The minimum atomic E-state index is -0.0928. The first-order valence-electron chi connectivity index (χ1n) is 8.34. The Morgan fingerprint density at radius 1 is 1.21 bits per heavy atom. The highest BCUT2D eigenvalue weighted by molar-refractivity contribution is 5.90. The number of anilines is 1. The Morgan fingerprint density at radius 3 is 2.79 bits per heavy atom. The molecule has 1 aliphatic rings. The second-order valence-corrected chi connectivity index (χ2v) is 6.22. The van der Waals surface area contributed by atoms with E-state index in [4.69, 9.17) is 4.74 Å². The van der Waals surface area contributed by atoms with E-state index in [9.17, 15) is 4.79 Å². The Morgan fingerprint density at radius 2 is 2.00 bits per heavy atom. The van der Waals surface area contributed by atoms with E-state index in [1.807, 2.05) is 61.2 Å². The molecule has 2 atom stereocenters. The first-order chi connectivity index (χ1) is 11.6. The molecule has 1 aromatic heterocycles. The average Bonchev–Trinajstić information content (AvgIpc) is 2.76. The minimum absolute atomic E-state index is 0.0468. The number of benzene rings is 1. The maximum atomic E-state index is 12.6. The SMILES string of the molecule is C[C@@H]1CCN(C(=O)Nc2ccnc(-c3ccccc3)c2)C[C@H](C)O1. The highest BCUT2D eigenvalue weighted by Gasteiger charge is 2.23. The number of amides is 2. The molecule has 1 fully saturated rings. The molecule has 0 spiro atoms. The van der Waals surface area contributed by atoms with Gasteiger partial charge in [0.1, 0.15) is 0 Å². The summed E-state index contributed by atoms with van der Waals surface area (Å²) in [4.78, 5) is 18.8. The van der Waals surface area contributed by atoms with E-state index < -0.39 is 0 Å². The van der Waals surface area contributed by atoms with Crippen molar-refractivity contribution in [2.24, 2.45) is 0 Å². The van der Waals surface area contributed by atoms with Crippen LogP contribution in [0.5, 0.6) is 0 Å². The molecule has 5 nitrogen and oxygen atoms in total. The van der Waals surface area contributed by atoms with Crippen LogP contribution in [0, 0.1) is 0 Å². The summed E-state index contributed by atoms with van der Waals surface area (Å²) >= 11 is 0. The van der Waals surface area contributed by atoms with Crippen molar-refractivity contribution in [3.05, 3.63) is 48.7 Å². The van der Waals surface area contributed by atoms with Crippen molar-refractivity contribution < 1.29 is 9.53 Å². The van der Waals surface area contributed by atoms with Crippen LogP contribution >= 0.6 is 0 Å². The van der Waals surface area contributed by atoms with Crippen LogP contribution in [-0.4, -0.2) is 41.2 Å². The van der Waals surface area contributed by atoms with Gasteiger partial charge in [-0.15, -0.1) is 0 Å². The van der Waals surface area contributed by atoms with Crippen molar-refractivity contribution in [1.82, 2.24) is 9.88 Å². The Kier molecular flexibility index (Phi) is 5.11. The number of carbonyl (C=O) groups is 1. The molecular weight excluding hydrogens is 302 g/mol. The number of ether oxygens (including phenoxy) is 1. The number of hydrogen-bond donors (Lipinski definition) is 1. The van der Waals surface area contributed by atoms with E-state index in [0.29, 0.717) is 13.1 Å². The molecule has 2 amide bonds. The van der Waals surface area contributed by atoms with Crippen molar-refractivity contribution in [3.63, 3.8) is 0 Å². The fourth-order valence-electron chi connectivity index (χ4n) is 2.91. The molecular formula is C19H23N3O2. The lowest BCUT2D eigenvalue weighted by Crippen LogP contribution is -2.38. The maximum Gasteiger partial charge on any atom is 0.321 e. The third kappa shape index (κ3) is 4.11. The number of pyridine rings is 1. The smallest absolute Gasteiger partial charge is 0.321 e. The van der Waals surface area contributed by atoms with Crippen molar-refractivity contribution in [1.29, 1.82) is 0 Å². The van der Waals surface area contributed by atoms with Gasteiger partial charge in [0.05, 0.1) is 17.9 Å². The summed E-state index contributed by atoms with van der Waals surface area (Å²) < 4.78 is 5.79. The molecule has 1 N–H and O–H groups in total. The molecule has 3 rings (SSSR count). The first-order valence-corrected chi connectivity index (χ1v) is 8.34. The van der Waals surface area contributed by atoms with Crippen LogP contribution in [0.4, 0.5) is 10.5 Å². The minimum Gasteiger partial charge on any atom is -0.374 e. The molecule has 126 valence electrons. The van der Waals surface area contributed by atoms with Gasteiger partial charge in [0.25, 0.3) is 0 Å². The molecule has 2 aromatic rings. The average molecular weight is 325 g/mol. The number of carbonyl (C=O) groups excluding carboxylic acids is 1. The lowest BCUT2D eigenvalue weighted by atomic mass is 10.1. The summed E-state index contributed by atoms with van der Waals surface area (Å²) in [6.45, 7) is 5.36. The van der Waals surface area contributed by atoms with Crippen LogP contribution in [0.2, 0.25) is 0 Å². The zero-order chi connectivity index (χ0) is 16.9. The third-order valence-electron chi connectivity index (χ3n) is 4.12. The summed E-state index contributed by atoms with van der Waals surface area (Å²) in [5, 5.41) is 2.98. The van der Waals surface area contributed by atoms with Crippen LogP contribution in [0.15, 0.2) is 48.7 Å². The van der Waals surface area contributed by atoms with E-state index in [1.165, 1.54) is 0 Å². The molecule has 0 unspecified atom stereocenters. The Labute approximate surface area is 142 Å². The summed E-state index contributed by atoms with van der Waals surface area (Å²) in [6, 6.07) is 13.5. The van der Waals surface area contributed by atoms with Gasteiger partial charge in [0.2, 0.25) is 0 Å². The van der Waals surface area contributed by atoms with Gasteiger partial charge in [-0.3, -0.25) is 4.98 Å². The molecule has 0 aliphatic carbocycles. The van der Waals surface area contributed by atoms with Crippen LogP contribution in [0.3, 0.4) is 0 Å². The van der Waals surface area contributed by atoms with Gasteiger partial charge in [-0.05, 0) is 32.4 Å². The molecule has 0 radical (unpaired) electrons. The largest absolute Gasteiger partial charge is 0.374 e. The lowest BCUT2D eigenvalue weighted by molar-refractivity contribution is 0.0162. The van der Waals surface area contributed by atoms with Crippen molar-refractivity contribution in [2.75, 3.05) is 18.4 Å². The van der Waals surface area contributed by atoms with Crippen LogP contribution in [-0.2, 0) is 4.74 Å². The molecule has 1 aromatic carbocycles. The molecule has 0 bridgehead atoms. The van der Waals surface area contributed by atoms with Gasteiger partial charge in [0, 0.05) is 30.5 Å². The zero-order valence-corrected chi connectivity index (χ0v) is 14.1. The van der Waals surface area contributed by atoms with Gasteiger partial charge in [-0.25, -0.2) is 4.79 Å². The Hall–Kier alpha value is -2.40. The number of rotatable bonds is 2. The molecule has 1 saturated heterocycles. The first kappa shape index (κ1) is 16.5. The topological polar surface area (TPSA) is 54.5 Å². The van der Waals surface area contributed by atoms with E-state index in [1.54, 1.807) is 6.20 Å². The van der Waals surface area contributed by atoms with Gasteiger partial charge in [-0.2, -0.15) is 0 Å².